The van der Waals surface area contributed by atoms with Gasteiger partial charge in [0.05, 0.1) is 11.6 Å². The van der Waals surface area contributed by atoms with Gasteiger partial charge in [0.25, 0.3) is 0 Å². The summed E-state index contributed by atoms with van der Waals surface area (Å²) in [6.45, 7) is 3.53. The Hall–Kier alpha value is -1.82. The third kappa shape index (κ3) is 5.34. The van der Waals surface area contributed by atoms with Gasteiger partial charge in [0.15, 0.2) is 0 Å². The zero-order valence-corrected chi connectivity index (χ0v) is 16.9. The molecule has 1 aliphatic heterocycles. The van der Waals surface area contributed by atoms with Crippen molar-refractivity contribution >= 4 is 42.1 Å². The van der Waals surface area contributed by atoms with Crippen molar-refractivity contribution in [2.75, 3.05) is 23.3 Å². The molecular formula is C20H26Cl2FN3O. The summed E-state index contributed by atoms with van der Waals surface area (Å²) in [6.07, 6.45) is 2.17. The second kappa shape index (κ2) is 10.5. The Balaban J connectivity index is 0.00000182. The minimum Gasteiger partial charge on any atom is -0.370 e. The molecular weight excluding hydrogens is 388 g/mol. The number of nitrogens with two attached hydrogens (primary N) is 1. The number of benzene rings is 2. The molecule has 0 saturated carbocycles. The first kappa shape index (κ1) is 23.2. The number of carbonyl (C=O) groups excluding carboxylic acids is 1. The van der Waals surface area contributed by atoms with Crippen LogP contribution >= 0.6 is 24.8 Å². The Bertz CT molecular complexity index is 739. The first-order valence-electron chi connectivity index (χ1n) is 8.73. The Morgan fingerprint density at radius 2 is 1.70 bits per heavy atom. The van der Waals surface area contributed by atoms with Gasteiger partial charge >= 0.3 is 0 Å². The Morgan fingerprint density at radius 1 is 1.07 bits per heavy atom. The van der Waals surface area contributed by atoms with E-state index in [1.807, 2.05) is 36.4 Å². The van der Waals surface area contributed by atoms with E-state index < -0.39 is 17.8 Å². The van der Waals surface area contributed by atoms with Gasteiger partial charge in [-0.05, 0) is 30.5 Å². The van der Waals surface area contributed by atoms with E-state index in [1.54, 1.807) is 13.0 Å². The van der Waals surface area contributed by atoms with Gasteiger partial charge in [0.2, 0.25) is 5.91 Å². The van der Waals surface area contributed by atoms with Crippen molar-refractivity contribution in [3.05, 3.63) is 59.9 Å². The number of halogens is 3. The number of anilines is 2. The maximum absolute atomic E-state index is 14.4. The van der Waals surface area contributed by atoms with Crippen molar-refractivity contribution in [1.29, 1.82) is 0 Å². The molecule has 4 nitrogen and oxygen atoms in total. The Labute approximate surface area is 172 Å². The van der Waals surface area contributed by atoms with E-state index in [0.29, 0.717) is 0 Å². The SMILES string of the molecule is CC(C(=O)Nc1c(F)cccc1N1CCCC1)C(N)c1ccccc1.Cl.Cl. The predicted molar refractivity (Wildman–Crippen MR) is 114 cm³/mol. The lowest BCUT2D eigenvalue weighted by Gasteiger charge is -2.24. The summed E-state index contributed by atoms with van der Waals surface area (Å²) in [6, 6.07) is 13.9. The average molecular weight is 414 g/mol. The van der Waals surface area contributed by atoms with Crippen LogP contribution < -0.4 is 16.0 Å². The molecule has 3 rings (SSSR count). The van der Waals surface area contributed by atoms with Crippen molar-refractivity contribution < 1.29 is 9.18 Å². The molecule has 0 radical (unpaired) electrons. The minimum absolute atomic E-state index is 0. The summed E-state index contributed by atoms with van der Waals surface area (Å²) in [5.41, 5.74) is 8.11. The zero-order chi connectivity index (χ0) is 17.8. The van der Waals surface area contributed by atoms with Gasteiger partial charge in [-0.3, -0.25) is 4.79 Å². The standard InChI is InChI=1S/C20H24FN3O.2ClH/c1-14(18(22)15-8-3-2-4-9-15)20(25)23-19-16(21)10-7-11-17(19)24-12-5-6-13-24;;/h2-4,7-11,14,18H,5-6,12-13,22H2,1H3,(H,23,25);2*1H. The highest BCUT2D eigenvalue weighted by atomic mass is 35.5. The summed E-state index contributed by atoms with van der Waals surface area (Å²) in [7, 11) is 0. The van der Waals surface area contributed by atoms with Gasteiger partial charge in [-0.25, -0.2) is 4.39 Å². The summed E-state index contributed by atoms with van der Waals surface area (Å²) in [5, 5.41) is 2.77. The second-order valence-corrected chi connectivity index (χ2v) is 6.54. The summed E-state index contributed by atoms with van der Waals surface area (Å²) < 4.78 is 14.4. The number of hydrogen-bond acceptors (Lipinski definition) is 3. The monoisotopic (exact) mass is 413 g/mol. The molecule has 1 heterocycles. The van der Waals surface area contributed by atoms with Gasteiger partial charge in [0.1, 0.15) is 11.5 Å². The number of nitrogens with zero attached hydrogens (tertiary/aromatic N) is 1. The molecule has 0 aromatic heterocycles. The van der Waals surface area contributed by atoms with E-state index in [2.05, 4.69) is 10.2 Å². The molecule has 1 saturated heterocycles. The van der Waals surface area contributed by atoms with Crippen LogP contribution in [0.2, 0.25) is 0 Å². The summed E-state index contributed by atoms with van der Waals surface area (Å²) in [4.78, 5) is 14.8. The lowest BCUT2D eigenvalue weighted by molar-refractivity contribution is -0.120. The lowest BCUT2D eigenvalue weighted by Crippen LogP contribution is -2.31. The van der Waals surface area contributed by atoms with E-state index in [0.717, 1.165) is 37.2 Å². The van der Waals surface area contributed by atoms with Crippen molar-refractivity contribution in [1.82, 2.24) is 0 Å². The van der Waals surface area contributed by atoms with E-state index in [9.17, 15) is 9.18 Å². The molecule has 0 aliphatic carbocycles. The van der Waals surface area contributed by atoms with Crippen molar-refractivity contribution in [3.63, 3.8) is 0 Å². The second-order valence-electron chi connectivity index (χ2n) is 6.54. The quantitative estimate of drug-likeness (QED) is 0.755. The van der Waals surface area contributed by atoms with Crippen LogP contribution in [0.5, 0.6) is 0 Å². The molecule has 3 N–H and O–H groups in total. The Morgan fingerprint density at radius 3 is 2.33 bits per heavy atom. The van der Waals surface area contributed by atoms with E-state index in [-0.39, 0.29) is 36.4 Å². The van der Waals surface area contributed by atoms with Crippen LogP contribution in [-0.2, 0) is 4.79 Å². The first-order valence-corrected chi connectivity index (χ1v) is 8.73. The molecule has 2 atom stereocenters. The Kier molecular flexibility index (Phi) is 9.03. The van der Waals surface area contributed by atoms with Crippen molar-refractivity contribution in [2.24, 2.45) is 11.7 Å². The van der Waals surface area contributed by atoms with Gasteiger partial charge in [0, 0.05) is 19.1 Å². The topological polar surface area (TPSA) is 58.4 Å². The fourth-order valence-electron chi connectivity index (χ4n) is 3.22. The molecule has 2 unspecified atom stereocenters. The fourth-order valence-corrected chi connectivity index (χ4v) is 3.22. The number of carbonyl (C=O) groups is 1. The van der Waals surface area contributed by atoms with E-state index in [1.165, 1.54) is 6.07 Å². The normalized spacial score (nSPS) is 15.3. The minimum atomic E-state index is -0.478. The fraction of sp³-hybridized carbons (Fsp3) is 0.350. The predicted octanol–water partition coefficient (Wildman–Crippen LogP) is 4.54. The average Bonchev–Trinajstić information content (AvgIpc) is 3.17. The third-order valence-corrected chi connectivity index (χ3v) is 4.82. The molecule has 1 amide bonds. The highest BCUT2D eigenvalue weighted by Gasteiger charge is 2.25. The summed E-state index contributed by atoms with van der Waals surface area (Å²) in [5.74, 6) is -1.17. The maximum Gasteiger partial charge on any atom is 0.229 e. The van der Waals surface area contributed by atoms with Crippen molar-refractivity contribution in [3.8, 4) is 0 Å². The molecule has 0 spiro atoms. The molecule has 2 aromatic carbocycles. The van der Waals surface area contributed by atoms with Crippen LogP contribution in [-0.4, -0.2) is 19.0 Å². The van der Waals surface area contributed by atoms with Gasteiger partial charge in [-0.2, -0.15) is 0 Å². The maximum atomic E-state index is 14.4. The molecule has 7 heteroatoms. The number of hydrogen-bond donors (Lipinski definition) is 2. The highest BCUT2D eigenvalue weighted by molar-refractivity contribution is 5.96. The molecule has 1 fully saturated rings. The smallest absolute Gasteiger partial charge is 0.229 e. The summed E-state index contributed by atoms with van der Waals surface area (Å²) >= 11 is 0. The molecule has 2 aromatic rings. The number of amides is 1. The van der Waals surface area contributed by atoms with Crippen LogP contribution in [0.15, 0.2) is 48.5 Å². The first-order chi connectivity index (χ1) is 12.1. The highest BCUT2D eigenvalue weighted by Crippen LogP contribution is 2.32. The van der Waals surface area contributed by atoms with E-state index >= 15 is 0 Å². The number of rotatable bonds is 5. The van der Waals surface area contributed by atoms with Crippen LogP contribution in [0.25, 0.3) is 0 Å². The molecule has 148 valence electrons. The van der Waals surface area contributed by atoms with Gasteiger partial charge in [-0.15, -0.1) is 24.8 Å². The molecule has 0 bridgehead atoms. The van der Waals surface area contributed by atoms with Crippen molar-refractivity contribution in [2.45, 2.75) is 25.8 Å². The van der Waals surface area contributed by atoms with Gasteiger partial charge in [-0.1, -0.05) is 43.3 Å². The van der Waals surface area contributed by atoms with Crippen LogP contribution in [0.1, 0.15) is 31.4 Å². The third-order valence-electron chi connectivity index (χ3n) is 4.82. The molecule has 1 aliphatic rings. The zero-order valence-electron chi connectivity index (χ0n) is 15.2. The molecule has 27 heavy (non-hydrogen) atoms. The number of para-hydroxylation sites is 1. The van der Waals surface area contributed by atoms with Crippen LogP contribution in [0.3, 0.4) is 0 Å². The lowest BCUT2D eigenvalue weighted by atomic mass is 9.94. The van der Waals surface area contributed by atoms with E-state index in [4.69, 9.17) is 5.73 Å². The van der Waals surface area contributed by atoms with Crippen LogP contribution in [0, 0.1) is 11.7 Å². The van der Waals surface area contributed by atoms with Gasteiger partial charge < -0.3 is 16.0 Å². The largest absolute Gasteiger partial charge is 0.370 e. The van der Waals surface area contributed by atoms with Crippen LogP contribution in [0.4, 0.5) is 15.8 Å². The number of nitrogens with one attached hydrogen (secondary N) is 1.